The molecule has 0 aromatic rings. The van der Waals surface area contributed by atoms with Crippen LogP contribution < -0.4 is 5.32 Å². The number of aliphatic carboxylic acids is 1. The lowest BCUT2D eigenvalue weighted by Crippen LogP contribution is -2.47. The fourth-order valence-electron chi connectivity index (χ4n) is 1.48. The number of hydrogen-bond donors (Lipinski definition) is 2. The van der Waals surface area contributed by atoms with Crippen molar-refractivity contribution >= 4 is 12.1 Å². The average Bonchev–Trinajstić information content (AvgIpc) is 1.96. The van der Waals surface area contributed by atoms with E-state index in [9.17, 15) is 9.59 Å². The molecule has 1 unspecified atom stereocenters. The SMILES string of the molecule is CC(CC(C)(C)NC(=O)OC(C)(C)C)C(=O)O. The van der Waals surface area contributed by atoms with Gasteiger partial charge >= 0.3 is 12.1 Å². The molecule has 0 saturated heterocycles. The molecule has 5 heteroatoms. The van der Waals surface area contributed by atoms with Crippen molar-refractivity contribution in [1.82, 2.24) is 5.32 Å². The van der Waals surface area contributed by atoms with Gasteiger partial charge in [-0.25, -0.2) is 4.79 Å². The summed E-state index contributed by atoms with van der Waals surface area (Å²) in [6.07, 6.45) is -0.179. The largest absolute Gasteiger partial charge is 0.481 e. The zero-order valence-corrected chi connectivity index (χ0v) is 11.5. The fourth-order valence-corrected chi connectivity index (χ4v) is 1.48. The Balaban J connectivity index is 4.35. The Kier molecular flexibility index (Phi) is 4.98. The number of rotatable bonds is 4. The second-order valence-electron chi connectivity index (χ2n) is 5.95. The van der Waals surface area contributed by atoms with Crippen LogP contribution in [-0.4, -0.2) is 28.3 Å². The molecule has 0 bridgehead atoms. The summed E-state index contributed by atoms with van der Waals surface area (Å²) < 4.78 is 5.12. The molecule has 100 valence electrons. The molecule has 17 heavy (non-hydrogen) atoms. The molecular formula is C12H23NO4. The van der Waals surface area contributed by atoms with E-state index in [2.05, 4.69) is 5.32 Å². The third-order valence-corrected chi connectivity index (χ3v) is 2.08. The molecule has 0 saturated carbocycles. The van der Waals surface area contributed by atoms with Gasteiger partial charge in [-0.05, 0) is 41.0 Å². The topological polar surface area (TPSA) is 75.6 Å². The quantitative estimate of drug-likeness (QED) is 0.797. The minimum atomic E-state index is -0.871. The second kappa shape index (κ2) is 5.38. The third-order valence-electron chi connectivity index (χ3n) is 2.08. The highest BCUT2D eigenvalue weighted by atomic mass is 16.6. The van der Waals surface area contributed by atoms with Crippen molar-refractivity contribution in [3.05, 3.63) is 0 Å². The minimum Gasteiger partial charge on any atom is -0.481 e. The number of carboxylic acids is 1. The highest BCUT2D eigenvalue weighted by Crippen LogP contribution is 2.17. The van der Waals surface area contributed by atoms with Crippen LogP contribution in [0, 0.1) is 5.92 Å². The van der Waals surface area contributed by atoms with Gasteiger partial charge in [0.2, 0.25) is 0 Å². The predicted molar refractivity (Wildman–Crippen MR) is 64.9 cm³/mol. The Bertz CT molecular complexity index is 291. The molecule has 0 aliphatic heterocycles. The van der Waals surface area contributed by atoms with Gasteiger partial charge in [-0.1, -0.05) is 6.92 Å². The van der Waals surface area contributed by atoms with Crippen molar-refractivity contribution in [3.63, 3.8) is 0 Å². The number of nitrogens with one attached hydrogen (secondary N) is 1. The van der Waals surface area contributed by atoms with Crippen molar-refractivity contribution in [3.8, 4) is 0 Å². The first-order valence-corrected chi connectivity index (χ1v) is 5.67. The monoisotopic (exact) mass is 245 g/mol. The highest BCUT2D eigenvalue weighted by molar-refractivity contribution is 5.71. The zero-order valence-electron chi connectivity index (χ0n) is 11.5. The van der Waals surface area contributed by atoms with Gasteiger partial charge in [-0.3, -0.25) is 4.79 Å². The molecule has 0 aromatic carbocycles. The van der Waals surface area contributed by atoms with Gasteiger partial charge in [-0.2, -0.15) is 0 Å². The van der Waals surface area contributed by atoms with Gasteiger partial charge in [0, 0.05) is 5.54 Å². The van der Waals surface area contributed by atoms with Gasteiger partial charge in [0.05, 0.1) is 5.92 Å². The molecule has 0 aromatic heterocycles. The van der Waals surface area contributed by atoms with E-state index in [0.717, 1.165) is 0 Å². The van der Waals surface area contributed by atoms with Crippen LogP contribution in [0.25, 0.3) is 0 Å². The summed E-state index contributed by atoms with van der Waals surface area (Å²) in [6.45, 7) is 10.5. The number of alkyl carbamates (subject to hydrolysis) is 1. The molecule has 0 spiro atoms. The average molecular weight is 245 g/mol. The maximum atomic E-state index is 11.5. The van der Waals surface area contributed by atoms with E-state index >= 15 is 0 Å². The maximum Gasteiger partial charge on any atom is 0.408 e. The van der Waals surface area contributed by atoms with E-state index in [1.807, 2.05) is 0 Å². The third kappa shape index (κ3) is 7.60. The highest BCUT2D eigenvalue weighted by Gasteiger charge is 2.28. The Morgan fingerprint density at radius 3 is 2.06 bits per heavy atom. The minimum absolute atomic E-state index is 0.349. The van der Waals surface area contributed by atoms with Crippen LogP contribution in [-0.2, 0) is 9.53 Å². The van der Waals surface area contributed by atoms with Crippen LogP contribution in [0.5, 0.6) is 0 Å². The molecule has 0 aliphatic rings. The van der Waals surface area contributed by atoms with E-state index in [1.54, 1.807) is 41.5 Å². The van der Waals surface area contributed by atoms with E-state index in [-0.39, 0.29) is 0 Å². The van der Waals surface area contributed by atoms with Crippen molar-refractivity contribution < 1.29 is 19.4 Å². The van der Waals surface area contributed by atoms with Crippen LogP contribution in [0.15, 0.2) is 0 Å². The molecule has 0 rings (SSSR count). The van der Waals surface area contributed by atoms with Crippen LogP contribution in [0.1, 0.15) is 48.0 Å². The van der Waals surface area contributed by atoms with Crippen LogP contribution in [0.2, 0.25) is 0 Å². The fraction of sp³-hybridized carbons (Fsp3) is 0.833. The molecule has 1 atom stereocenters. The molecule has 0 fully saturated rings. The number of carbonyl (C=O) groups is 2. The smallest absolute Gasteiger partial charge is 0.408 e. The molecule has 1 amide bonds. The van der Waals surface area contributed by atoms with Gasteiger partial charge in [-0.15, -0.1) is 0 Å². The lowest BCUT2D eigenvalue weighted by atomic mass is 9.92. The van der Waals surface area contributed by atoms with Crippen LogP contribution in [0.4, 0.5) is 4.79 Å². The molecule has 2 N–H and O–H groups in total. The summed E-state index contributed by atoms with van der Waals surface area (Å²) in [7, 11) is 0. The molecular weight excluding hydrogens is 222 g/mol. The van der Waals surface area contributed by atoms with Crippen molar-refractivity contribution in [2.75, 3.05) is 0 Å². The van der Waals surface area contributed by atoms with Gasteiger partial charge in [0.25, 0.3) is 0 Å². The Labute approximate surface area is 103 Å². The van der Waals surface area contributed by atoms with Gasteiger partial charge in [0.1, 0.15) is 5.60 Å². The molecule has 0 radical (unpaired) electrons. The predicted octanol–water partition coefficient (Wildman–Crippen LogP) is 2.40. The lowest BCUT2D eigenvalue weighted by molar-refractivity contribution is -0.141. The standard InChI is InChI=1S/C12H23NO4/c1-8(9(14)15)7-12(5,6)13-10(16)17-11(2,3)4/h8H,7H2,1-6H3,(H,13,16)(H,14,15). The number of carboxylic acid groups (broad SMARTS) is 1. The lowest BCUT2D eigenvalue weighted by Gasteiger charge is -2.29. The normalized spacial score (nSPS) is 14.0. The number of hydrogen-bond acceptors (Lipinski definition) is 3. The second-order valence-corrected chi connectivity index (χ2v) is 5.95. The molecule has 0 aliphatic carbocycles. The summed E-state index contributed by atoms with van der Waals surface area (Å²) in [5.41, 5.74) is -1.17. The van der Waals surface area contributed by atoms with Crippen molar-refractivity contribution in [2.45, 2.75) is 59.1 Å². The van der Waals surface area contributed by atoms with Crippen LogP contribution in [0.3, 0.4) is 0 Å². The van der Waals surface area contributed by atoms with Crippen LogP contribution >= 0.6 is 0 Å². The first kappa shape index (κ1) is 15.7. The number of carbonyl (C=O) groups excluding carboxylic acids is 1. The maximum absolute atomic E-state index is 11.5. The summed E-state index contributed by atoms with van der Waals surface area (Å²) >= 11 is 0. The summed E-state index contributed by atoms with van der Waals surface area (Å²) in [5, 5.41) is 11.5. The summed E-state index contributed by atoms with van der Waals surface area (Å²) in [6, 6.07) is 0. The number of amides is 1. The number of ether oxygens (including phenoxy) is 1. The summed E-state index contributed by atoms with van der Waals surface area (Å²) in [4.78, 5) is 22.3. The molecule has 5 nitrogen and oxygen atoms in total. The first-order chi connectivity index (χ1) is 7.43. The van der Waals surface area contributed by atoms with Gasteiger partial charge < -0.3 is 15.2 Å². The Hall–Kier alpha value is -1.26. The molecule has 0 heterocycles. The van der Waals surface area contributed by atoms with E-state index in [4.69, 9.17) is 9.84 Å². The van der Waals surface area contributed by atoms with Gasteiger partial charge in [0.15, 0.2) is 0 Å². The first-order valence-electron chi connectivity index (χ1n) is 5.67. The van der Waals surface area contributed by atoms with Crippen molar-refractivity contribution in [2.24, 2.45) is 5.92 Å². The summed E-state index contributed by atoms with van der Waals surface area (Å²) in [5.74, 6) is -1.39. The van der Waals surface area contributed by atoms with E-state index in [1.165, 1.54) is 0 Å². The Morgan fingerprint density at radius 1 is 1.24 bits per heavy atom. The van der Waals surface area contributed by atoms with E-state index < -0.39 is 29.1 Å². The van der Waals surface area contributed by atoms with Crippen molar-refractivity contribution in [1.29, 1.82) is 0 Å². The Morgan fingerprint density at radius 2 is 1.71 bits per heavy atom. The zero-order chi connectivity index (χ0) is 13.9. The van der Waals surface area contributed by atoms with E-state index in [0.29, 0.717) is 6.42 Å².